The van der Waals surface area contributed by atoms with Crippen LogP contribution in [0.15, 0.2) is 48.5 Å². The Hall–Kier alpha value is -3.52. The molecule has 2 bridgehead atoms. The van der Waals surface area contributed by atoms with Crippen molar-refractivity contribution >= 4 is 22.7 Å². The first kappa shape index (κ1) is 25.4. The van der Waals surface area contributed by atoms with Crippen LogP contribution in [0, 0.1) is 29.6 Å². The molecule has 3 saturated carbocycles. The van der Waals surface area contributed by atoms with Gasteiger partial charge in [-0.1, -0.05) is 50.1 Å². The summed E-state index contributed by atoms with van der Waals surface area (Å²) in [6.07, 6.45) is 15.8. The molecule has 1 aromatic heterocycles. The zero-order chi connectivity index (χ0) is 27.6. The first-order valence-corrected chi connectivity index (χ1v) is 15.1. The van der Waals surface area contributed by atoms with Gasteiger partial charge >= 0.3 is 0 Å². The highest BCUT2D eigenvalue weighted by atomic mass is 16.2. The number of unbranched alkanes of at least 4 members (excludes halogenated alkanes) is 1. The average molecular weight is 534 g/mol. The number of para-hydroxylation sites is 1. The van der Waals surface area contributed by atoms with Crippen molar-refractivity contribution in [3.05, 3.63) is 70.9 Å². The lowest BCUT2D eigenvalue weighted by atomic mass is 9.72. The lowest BCUT2D eigenvalue weighted by molar-refractivity contribution is -0.130. The van der Waals surface area contributed by atoms with Crippen molar-refractivity contribution in [2.24, 2.45) is 17.3 Å². The van der Waals surface area contributed by atoms with Gasteiger partial charge in [0.05, 0.1) is 6.04 Å². The minimum atomic E-state index is -0.323. The number of carbonyl (C=O) groups excluding carboxylic acids is 2. The largest absolute Gasteiger partial charge is 0.356 e. The summed E-state index contributed by atoms with van der Waals surface area (Å²) in [6.45, 7) is 4.42. The van der Waals surface area contributed by atoms with E-state index in [1.54, 1.807) is 0 Å². The molecule has 2 amide bonds. The van der Waals surface area contributed by atoms with E-state index in [4.69, 9.17) is 6.42 Å². The van der Waals surface area contributed by atoms with E-state index in [0.717, 1.165) is 67.1 Å². The van der Waals surface area contributed by atoms with Gasteiger partial charge in [-0.25, -0.2) is 0 Å². The molecular weight excluding hydrogens is 494 g/mol. The Morgan fingerprint density at radius 3 is 2.67 bits per heavy atom. The van der Waals surface area contributed by atoms with Crippen LogP contribution < -0.4 is 5.32 Å². The van der Waals surface area contributed by atoms with Gasteiger partial charge in [-0.05, 0) is 104 Å². The lowest BCUT2D eigenvalue weighted by Crippen LogP contribution is -2.50. The Bertz CT molecular complexity index is 1530. The first-order chi connectivity index (χ1) is 19.3. The SMILES string of the molecule is C#CC(=O)N1[C@@H](CCCC)Cc2c([nH]c3ccccc23)[C@@H]1c1ccc(C(=O)NC2(C)CC3CC4CC4(C3)C2)cc1. The van der Waals surface area contributed by atoms with Crippen LogP contribution in [0.2, 0.25) is 0 Å². The number of nitrogens with zero attached hydrogens (tertiary/aromatic N) is 1. The molecular formula is C35H39N3O2. The number of hydrogen-bond acceptors (Lipinski definition) is 2. The molecule has 40 heavy (non-hydrogen) atoms. The molecule has 1 spiro atoms. The summed E-state index contributed by atoms with van der Waals surface area (Å²) in [4.78, 5) is 32.3. The van der Waals surface area contributed by atoms with Crippen molar-refractivity contribution in [1.29, 1.82) is 0 Å². The number of amides is 2. The molecule has 7 rings (SSSR count). The lowest BCUT2D eigenvalue weighted by Gasteiger charge is -2.42. The van der Waals surface area contributed by atoms with Gasteiger partial charge in [0.1, 0.15) is 0 Å². The molecule has 1 aliphatic heterocycles. The van der Waals surface area contributed by atoms with E-state index in [0.29, 0.717) is 11.0 Å². The Morgan fingerprint density at radius 2 is 1.93 bits per heavy atom. The second kappa shape index (κ2) is 9.26. The van der Waals surface area contributed by atoms with Crippen molar-refractivity contribution in [3.63, 3.8) is 0 Å². The summed E-state index contributed by atoms with van der Waals surface area (Å²) < 4.78 is 0. The summed E-state index contributed by atoms with van der Waals surface area (Å²) >= 11 is 0. The standard InChI is InChI=1S/C35H39N3O2/c1-4-6-9-26-17-28-27-10-7-8-11-29(27)36-31(28)32(38(26)30(39)5-2)23-12-14-24(15-13-23)33(40)37-34(3)18-22-16-25-20-35(25,19-22)21-34/h2,7-8,10-15,22,25-26,32,36H,4,6,9,16-21H2,1,3H3,(H,37,40)/t22?,25?,26-,32-,34?,35?/m0/s1. The van der Waals surface area contributed by atoms with Gasteiger partial charge < -0.3 is 15.2 Å². The molecule has 4 aliphatic rings. The van der Waals surface area contributed by atoms with Crippen molar-refractivity contribution in [2.45, 2.75) is 89.3 Å². The van der Waals surface area contributed by atoms with E-state index in [1.165, 1.54) is 30.2 Å². The Morgan fingerprint density at radius 1 is 1.12 bits per heavy atom. The molecule has 2 N–H and O–H groups in total. The van der Waals surface area contributed by atoms with E-state index in [-0.39, 0.29) is 29.4 Å². The number of benzene rings is 2. The quantitative estimate of drug-likeness (QED) is 0.354. The number of aromatic nitrogens is 1. The van der Waals surface area contributed by atoms with Gasteiger partial charge in [-0.3, -0.25) is 9.59 Å². The molecule has 5 heteroatoms. The number of carbonyl (C=O) groups is 2. The normalized spacial score (nSPS) is 31.8. The zero-order valence-corrected chi connectivity index (χ0v) is 23.6. The zero-order valence-electron chi connectivity index (χ0n) is 23.6. The predicted octanol–water partition coefficient (Wildman–Crippen LogP) is 6.53. The van der Waals surface area contributed by atoms with E-state index in [9.17, 15) is 9.59 Å². The Kier molecular flexibility index (Phi) is 5.89. The highest BCUT2D eigenvalue weighted by molar-refractivity contribution is 5.96. The number of nitrogens with one attached hydrogen (secondary N) is 2. The van der Waals surface area contributed by atoms with Crippen LogP contribution in [0.25, 0.3) is 10.9 Å². The summed E-state index contributed by atoms with van der Waals surface area (Å²) in [5.74, 6) is 3.79. The van der Waals surface area contributed by atoms with Gasteiger partial charge in [0.15, 0.2) is 0 Å². The van der Waals surface area contributed by atoms with Crippen LogP contribution >= 0.6 is 0 Å². The molecule has 3 aromatic rings. The average Bonchev–Trinajstić information content (AvgIpc) is 3.30. The van der Waals surface area contributed by atoms with E-state index in [1.807, 2.05) is 35.2 Å². The maximum atomic E-state index is 13.5. The smallest absolute Gasteiger partial charge is 0.299 e. The molecule has 3 aliphatic carbocycles. The molecule has 0 saturated heterocycles. The third-order valence-corrected chi connectivity index (χ3v) is 10.5. The van der Waals surface area contributed by atoms with Crippen molar-refractivity contribution in [2.75, 3.05) is 0 Å². The molecule has 206 valence electrons. The van der Waals surface area contributed by atoms with Crippen LogP contribution in [0.5, 0.6) is 0 Å². The van der Waals surface area contributed by atoms with Crippen LogP contribution in [0.4, 0.5) is 0 Å². The fraction of sp³-hybridized carbons (Fsp3) is 0.486. The van der Waals surface area contributed by atoms with Gasteiger partial charge in [-0.2, -0.15) is 0 Å². The predicted molar refractivity (Wildman–Crippen MR) is 158 cm³/mol. The third-order valence-electron chi connectivity index (χ3n) is 10.5. The topological polar surface area (TPSA) is 65.2 Å². The molecule has 2 heterocycles. The van der Waals surface area contributed by atoms with E-state index in [2.05, 4.69) is 48.3 Å². The van der Waals surface area contributed by atoms with Crippen molar-refractivity contribution < 1.29 is 9.59 Å². The first-order valence-electron chi connectivity index (χ1n) is 15.1. The minimum Gasteiger partial charge on any atom is -0.356 e. The van der Waals surface area contributed by atoms with Crippen LogP contribution in [-0.4, -0.2) is 33.3 Å². The summed E-state index contributed by atoms with van der Waals surface area (Å²) in [6, 6.07) is 15.9. The highest BCUT2D eigenvalue weighted by Gasteiger charge is 2.65. The summed E-state index contributed by atoms with van der Waals surface area (Å²) in [5.41, 5.74) is 5.38. The van der Waals surface area contributed by atoms with Gasteiger partial charge in [0.2, 0.25) is 0 Å². The minimum absolute atomic E-state index is 0.00345. The third kappa shape index (κ3) is 4.07. The van der Waals surface area contributed by atoms with Crippen LogP contribution in [-0.2, 0) is 11.2 Å². The molecule has 6 atom stereocenters. The molecule has 3 fully saturated rings. The van der Waals surface area contributed by atoms with Gasteiger partial charge in [-0.15, -0.1) is 6.42 Å². The maximum absolute atomic E-state index is 13.5. The molecule has 0 radical (unpaired) electrons. The number of hydrogen-bond donors (Lipinski definition) is 2. The Balaban J connectivity index is 1.21. The number of rotatable bonds is 6. The van der Waals surface area contributed by atoms with E-state index < -0.39 is 0 Å². The van der Waals surface area contributed by atoms with Crippen molar-refractivity contribution in [1.82, 2.24) is 15.2 Å². The summed E-state index contributed by atoms with van der Waals surface area (Å²) in [5, 5.41) is 4.64. The molecule has 2 aromatic carbocycles. The van der Waals surface area contributed by atoms with Gasteiger partial charge in [0, 0.05) is 33.7 Å². The molecule has 4 unspecified atom stereocenters. The van der Waals surface area contributed by atoms with E-state index >= 15 is 0 Å². The van der Waals surface area contributed by atoms with Crippen LogP contribution in [0.3, 0.4) is 0 Å². The monoisotopic (exact) mass is 533 g/mol. The summed E-state index contributed by atoms with van der Waals surface area (Å²) in [7, 11) is 0. The number of terminal acetylenes is 1. The number of H-pyrrole nitrogens is 1. The Labute approximate surface area is 237 Å². The second-order valence-electron chi connectivity index (χ2n) is 13.4. The molecule has 5 nitrogen and oxygen atoms in total. The second-order valence-corrected chi connectivity index (χ2v) is 13.4. The number of fused-ring (bicyclic) bond motifs is 4. The maximum Gasteiger partial charge on any atom is 0.299 e. The van der Waals surface area contributed by atoms with Crippen LogP contribution in [0.1, 0.15) is 98.4 Å². The fourth-order valence-corrected chi connectivity index (χ4v) is 8.99. The van der Waals surface area contributed by atoms with Gasteiger partial charge in [0.25, 0.3) is 11.8 Å². The number of aromatic amines is 1. The fourth-order valence-electron chi connectivity index (χ4n) is 8.99. The highest BCUT2D eigenvalue weighted by Crippen LogP contribution is 2.72. The van der Waals surface area contributed by atoms with Crippen molar-refractivity contribution in [3.8, 4) is 12.3 Å².